The third kappa shape index (κ3) is 3.66. The van der Waals surface area contributed by atoms with Gasteiger partial charge in [-0.3, -0.25) is 4.79 Å². The number of hydrogen-bond acceptors (Lipinski definition) is 4. The second kappa shape index (κ2) is 7.40. The SMILES string of the molecule is Cc1nn(-c2ccccc2)nc1C(=O)N1CCN(c2cccc(Cl)c2)CC1. The molecule has 7 heteroatoms. The van der Waals surface area contributed by atoms with Gasteiger partial charge in [0.15, 0.2) is 5.69 Å². The van der Waals surface area contributed by atoms with Crippen LogP contribution in [0.4, 0.5) is 5.69 Å². The van der Waals surface area contributed by atoms with Gasteiger partial charge in [0.1, 0.15) is 0 Å². The maximum Gasteiger partial charge on any atom is 0.276 e. The average molecular weight is 382 g/mol. The number of anilines is 1. The number of hydrogen-bond donors (Lipinski definition) is 0. The summed E-state index contributed by atoms with van der Waals surface area (Å²) in [6.07, 6.45) is 0. The molecule has 1 aliphatic heterocycles. The van der Waals surface area contributed by atoms with Gasteiger partial charge in [0.2, 0.25) is 0 Å². The van der Waals surface area contributed by atoms with Crippen molar-refractivity contribution in [1.82, 2.24) is 19.9 Å². The first kappa shape index (κ1) is 17.5. The Kier molecular flexibility index (Phi) is 4.81. The molecule has 3 aromatic rings. The molecule has 0 saturated carbocycles. The molecular weight excluding hydrogens is 362 g/mol. The van der Waals surface area contributed by atoms with E-state index in [-0.39, 0.29) is 5.91 Å². The molecule has 4 rings (SSSR count). The number of halogens is 1. The molecule has 27 heavy (non-hydrogen) atoms. The monoisotopic (exact) mass is 381 g/mol. The molecular formula is C20H20ClN5O. The van der Waals surface area contributed by atoms with Crippen molar-refractivity contribution in [2.24, 2.45) is 0 Å². The Morgan fingerprint density at radius 3 is 2.33 bits per heavy atom. The predicted molar refractivity (Wildman–Crippen MR) is 106 cm³/mol. The number of para-hydroxylation sites is 1. The topological polar surface area (TPSA) is 54.3 Å². The normalized spacial score (nSPS) is 14.4. The summed E-state index contributed by atoms with van der Waals surface area (Å²) in [5.41, 5.74) is 2.97. The van der Waals surface area contributed by atoms with Crippen LogP contribution in [0.3, 0.4) is 0 Å². The van der Waals surface area contributed by atoms with E-state index >= 15 is 0 Å². The lowest BCUT2D eigenvalue weighted by Gasteiger charge is -2.35. The number of rotatable bonds is 3. The van der Waals surface area contributed by atoms with Crippen LogP contribution in [0.1, 0.15) is 16.2 Å². The smallest absolute Gasteiger partial charge is 0.276 e. The zero-order valence-corrected chi connectivity index (χ0v) is 15.8. The van der Waals surface area contributed by atoms with Gasteiger partial charge < -0.3 is 9.80 Å². The number of carbonyl (C=O) groups excluding carboxylic acids is 1. The Balaban J connectivity index is 1.46. The van der Waals surface area contributed by atoms with Crippen LogP contribution in [0, 0.1) is 6.92 Å². The van der Waals surface area contributed by atoms with Crippen molar-refractivity contribution in [3.05, 3.63) is 71.0 Å². The largest absolute Gasteiger partial charge is 0.368 e. The summed E-state index contributed by atoms with van der Waals surface area (Å²) in [5.74, 6) is -0.0691. The standard InChI is InChI=1S/C20H20ClN5O/c1-15-19(23-26(22-15)17-7-3-2-4-8-17)20(27)25-12-10-24(11-13-25)18-9-5-6-16(21)14-18/h2-9,14H,10-13H2,1H3. The fourth-order valence-corrected chi connectivity index (χ4v) is 3.43. The third-order valence-electron chi connectivity index (χ3n) is 4.71. The van der Waals surface area contributed by atoms with Crippen LogP contribution in [-0.2, 0) is 0 Å². The van der Waals surface area contributed by atoms with E-state index in [1.54, 1.807) is 0 Å². The van der Waals surface area contributed by atoms with Gasteiger partial charge in [-0.2, -0.15) is 9.90 Å². The molecule has 2 heterocycles. The minimum Gasteiger partial charge on any atom is -0.368 e. The Morgan fingerprint density at radius 1 is 0.926 bits per heavy atom. The molecule has 0 bridgehead atoms. The van der Waals surface area contributed by atoms with Gasteiger partial charge in [-0.15, -0.1) is 5.10 Å². The van der Waals surface area contributed by atoms with E-state index in [4.69, 9.17) is 11.6 Å². The zero-order chi connectivity index (χ0) is 18.8. The summed E-state index contributed by atoms with van der Waals surface area (Å²) in [4.78, 5) is 18.5. The van der Waals surface area contributed by atoms with Gasteiger partial charge in [-0.05, 0) is 37.3 Å². The molecule has 6 nitrogen and oxygen atoms in total. The molecule has 0 atom stereocenters. The Labute approximate surface area is 163 Å². The first-order valence-electron chi connectivity index (χ1n) is 8.91. The Bertz CT molecular complexity index is 948. The van der Waals surface area contributed by atoms with Gasteiger partial charge in [0, 0.05) is 36.9 Å². The predicted octanol–water partition coefficient (Wildman–Crippen LogP) is 3.19. The molecule has 2 aromatic carbocycles. The van der Waals surface area contributed by atoms with Gasteiger partial charge >= 0.3 is 0 Å². The minimum atomic E-state index is -0.0691. The van der Waals surface area contributed by atoms with Crippen molar-refractivity contribution in [1.29, 1.82) is 0 Å². The third-order valence-corrected chi connectivity index (χ3v) is 4.95. The fourth-order valence-electron chi connectivity index (χ4n) is 3.24. The highest BCUT2D eigenvalue weighted by Crippen LogP contribution is 2.21. The number of amides is 1. The van der Waals surface area contributed by atoms with E-state index in [2.05, 4.69) is 15.1 Å². The Hall–Kier alpha value is -2.86. The van der Waals surface area contributed by atoms with E-state index in [0.29, 0.717) is 24.5 Å². The summed E-state index contributed by atoms with van der Waals surface area (Å²) >= 11 is 6.08. The lowest BCUT2D eigenvalue weighted by Crippen LogP contribution is -2.49. The van der Waals surface area contributed by atoms with Crippen molar-refractivity contribution in [2.75, 3.05) is 31.1 Å². The maximum atomic E-state index is 12.9. The van der Waals surface area contributed by atoms with E-state index in [1.165, 1.54) is 4.80 Å². The quantitative estimate of drug-likeness (QED) is 0.699. The van der Waals surface area contributed by atoms with E-state index in [1.807, 2.05) is 66.4 Å². The molecule has 1 fully saturated rings. The maximum absolute atomic E-state index is 12.9. The number of piperazine rings is 1. The van der Waals surface area contributed by atoms with Crippen molar-refractivity contribution in [3.63, 3.8) is 0 Å². The van der Waals surface area contributed by atoms with Gasteiger partial charge in [0.25, 0.3) is 5.91 Å². The molecule has 1 amide bonds. The molecule has 138 valence electrons. The zero-order valence-electron chi connectivity index (χ0n) is 15.0. The molecule has 0 radical (unpaired) electrons. The number of aromatic nitrogens is 3. The molecule has 1 aliphatic rings. The van der Waals surface area contributed by atoms with Crippen LogP contribution in [0.25, 0.3) is 5.69 Å². The summed E-state index contributed by atoms with van der Waals surface area (Å²) in [7, 11) is 0. The van der Waals surface area contributed by atoms with E-state index in [9.17, 15) is 4.79 Å². The van der Waals surface area contributed by atoms with Gasteiger partial charge in [-0.1, -0.05) is 35.9 Å². The van der Waals surface area contributed by atoms with Crippen LogP contribution in [0.2, 0.25) is 5.02 Å². The summed E-state index contributed by atoms with van der Waals surface area (Å²) < 4.78 is 0. The lowest BCUT2D eigenvalue weighted by atomic mass is 10.2. The van der Waals surface area contributed by atoms with Crippen LogP contribution in [-0.4, -0.2) is 52.0 Å². The van der Waals surface area contributed by atoms with Crippen LogP contribution in [0.5, 0.6) is 0 Å². The number of nitrogens with zero attached hydrogens (tertiary/aromatic N) is 5. The first-order valence-corrected chi connectivity index (χ1v) is 9.29. The first-order chi connectivity index (χ1) is 13.1. The van der Waals surface area contributed by atoms with Crippen molar-refractivity contribution >= 4 is 23.2 Å². The van der Waals surface area contributed by atoms with Crippen molar-refractivity contribution < 1.29 is 4.79 Å². The molecule has 0 N–H and O–H groups in total. The molecule has 0 aliphatic carbocycles. The minimum absolute atomic E-state index is 0.0691. The second-order valence-corrected chi connectivity index (χ2v) is 6.95. The van der Waals surface area contributed by atoms with Crippen molar-refractivity contribution in [3.8, 4) is 5.69 Å². The molecule has 0 spiro atoms. The summed E-state index contributed by atoms with van der Waals surface area (Å²) in [6, 6.07) is 17.4. The number of benzene rings is 2. The van der Waals surface area contributed by atoms with E-state index < -0.39 is 0 Å². The molecule has 1 aromatic heterocycles. The van der Waals surface area contributed by atoms with Crippen LogP contribution < -0.4 is 4.90 Å². The summed E-state index contributed by atoms with van der Waals surface area (Å²) in [6.45, 7) is 4.63. The van der Waals surface area contributed by atoms with Crippen LogP contribution >= 0.6 is 11.6 Å². The number of aryl methyl sites for hydroxylation is 1. The average Bonchev–Trinajstić information content (AvgIpc) is 3.10. The van der Waals surface area contributed by atoms with Crippen LogP contribution in [0.15, 0.2) is 54.6 Å². The molecule has 1 saturated heterocycles. The summed E-state index contributed by atoms with van der Waals surface area (Å²) in [5, 5.41) is 9.55. The Morgan fingerprint density at radius 2 is 1.63 bits per heavy atom. The van der Waals surface area contributed by atoms with Gasteiger partial charge in [-0.25, -0.2) is 0 Å². The van der Waals surface area contributed by atoms with Crippen molar-refractivity contribution in [2.45, 2.75) is 6.92 Å². The molecule has 0 unspecified atom stereocenters. The van der Waals surface area contributed by atoms with E-state index in [0.717, 1.165) is 29.5 Å². The van der Waals surface area contributed by atoms with Gasteiger partial charge in [0.05, 0.1) is 11.4 Å². The lowest BCUT2D eigenvalue weighted by molar-refractivity contribution is 0.0739. The second-order valence-electron chi connectivity index (χ2n) is 6.52. The fraction of sp³-hybridized carbons (Fsp3) is 0.250. The highest BCUT2D eigenvalue weighted by Gasteiger charge is 2.26. The highest BCUT2D eigenvalue weighted by molar-refractivity contribution is 6.30. The number of carbonyl (C=O) groups is 1. The highest BCUT2D eigenvalue weighted by atomic mass is 35.5.